The Balaban J connectivity index is 1.94. The smallest absolute Gasteiger partial charge is 0.129 e. The largest absolute Gasteiger partial charge is 0.255 e. The van der Waals surface area contributed by atoms with Crippen molar-refractivity contribution in [2.75, 3.05) is 0 Å². The molecule has 0 saturated heterocycles. The van der Waals surface area contributed by atoms with E-state index in [-0.39, 0.29) is 0 Å². The van der Waals surface area contributed by atoms with Crippen molar-refractivity contribution in [3.63, 3.8) is 0 Å². The van der Waals surface area contributed by atoms with Crippen LogP contribution in [0.5, 0.6) is 0 Å². The van der Waals surface area contributed by atoms with E-state index in [4.69, 9.17) is 4.98 Å². The van der Waals surface area contributed by atoms with Gasteiger partial charge in [-0.15, -0.1) is 11.1 Å². The summed E-state index contributed by atoms with van der Waals surface area (Å²) >= 11 is 0. The van der Waals surface area contributed by atoms with Gasteiger partial charge >= 0.3 is 0 Å². The highest BCUT2D eigenvalue weighted by Gasteiger charge is 2.15. The van der Waals surface area contributed by atoms with Crippen molar-refractivity contribution < 1.29 is 0 Å². The molecular weight excluding hydrogens is 471 g/mol. The lowest BCUT2D eigenvalue weighted by Crippen LogP contribution is -2.16. The predicted molar refractivity (Wildman–Crippen MR) is 157 cm³/mol. The molecule has 0 aliphatic rings. The number of nitrogens with zero attached hydrogens (tertiary/aromatic N) is 3. The van der Waals surface area contributed by atoms with Gasteiger partial charge < -0.3 is 0 Å². The molecule has 4 rings (SSSR count). The first-order chi connectivity index (χ1) is 17.1. The Kier molecular flexibility index (Phi) is 7.36. The number of pyridine rings is 3. The minimum absolute atomic E-state index is 0.813. The third-order valence-electron chi connectivity index (χ3n) is 5.14. The number of hydrogen-bond acceptors (Lipinski definition) is 3. The van der Waals surface area contributed by atoms with E-state index in [1.807, 2.05) is 42.5 Å². The van der Waals surface area contributed by atoms with Crippen molar-refractivity contribution in [3.05, 3.63) is 90.3 Å². The van der Waals surface area contributed by atoms with Crippen LogP contribution in [0.2, 0.25) is 39.3 Å². The average molecular weight is 502 g/mol. The first kappa shape index (κ1) is 25.3. The molecule has 1 aromatic carbocycles. The summed E-state index contributed by atoms with van der Waals surface area (Å²) in [5, 5.41) is 0. The maximum absolute atomic E-state index is 5.04. The van der Waals surface area contributed by atoms with Gasteiger partial charge in [-0.2, -0.15) is 0 Å². The fourth-order valence-corrected chi connectivity index (χ4v) is 4.53. The molecule has 0 N–H and O–H groups in total. The average Bonchev–Trinajstić information content (AvgIpc) is 2.86. The molecule has 3 aromatic heterocycles. The van der Waals surface area contributed by atoms with E-state index in [0.29, 0.717) is 0 Å². The highest BCUT2D eigenvalue weighted by atomic mass is 28.3. The molecule has 0 atom stereocenters. The van der Waals surface area contributed by atoms with Gasteiger partial charge in [-0.3, -0.25) is 9.97 Å². The predicted octanol–water partition coefficient (Wildman–Crippen LogP) is 7.33. The van der Waals surface area contributed by atoms with E-state index < -0.39 is 16.1 Å². The van der Waals surface area contributed by atoms with Crippen LogP contribution >= 0.6 is 0 Å². The van der Waals surface area contributed by atoms with Crippen molar-refractivity contribution in [1.82, 2.24) is 15.0 Å². The topological polar surface area (TPSA) is 38.7 Å². The zero-order chi connectivity index (χ0) is 25.8. The standard InChI is InChI=1S/C31H31N3Si2/c1-35(2,3)19-15-24-21-25(16-20-36(4,5)6)23-26(22-24)27-13-14-29(28-11-7-9-17-32-28)34-31(27)30-12-8-10-18-33-30/h7-14,17-18,21-23H,1-6H3. The Morgan fingerprint density at radius 1 is 0.583 bits per heavy atom. The Hall–Kier alpha value is -3.78. The normalized spacial score (nSPS) is 11.2. The molecule has 0 spiro atoms. The van der Waals surface area contributed by atoms with Crippen molar-refractivity contribution in [2.45, 2.75) is 39.3 Å². The fraction of sp³-hybridized carbons (Fsp3) is 0.194. The van der Waals surface area contributed by atoms with Crippen molar-refractivity contribution in [2.24, 2.45) is 0 Å². The molecule has 0 saturated carbocycles. The second-order valence-corrected chi connectivity index (χ2v) is 20.3. The van der Waals surface area contributed by atoms with E-state index >= 15 is 0 Å². The number of hydrogen-bond donors (Lipinski definition) is 0. The van der Waals surface area contributed by atoms with E-state index in [1.54, 1.807) is 12.4 Å². The van der Waals surface area contributed by atoms with Crippen LogP contribution in [0, 0.1) is 22.9 Å². The minimum Gasteiger partial charge on any atom is -0.255 e. The van der Waals surface area contributed by atoms with Crippen LogP contribution in [0.15, 0.2) is 79.1 Å². The number of aromatic nitrogens is 3. The first-order valence-corrected chi connectivity index (χ1v) is 19.1. The summed E-state index contributed by atoms with van der Waals surface area (Å²) in [4.78, 5) is 14.2. The van der Waals surface area contributed by atoms with Crippen LogP contribution < -0.4 is 0 Å². The quantitative estimate of drug-likeness (QED) is 0.218. The van der Waals surface area contributed by atoms with Crippen LogP contribution in [0.1, 0.15) is 11.1 Å². The van der Waals surface area contributed by atoms with Crippen LogP contribution in [-0.4, -0.2) is 31.1 Å². The molecule has 5 heteroatoms. The molecular formula is C31H31N3Si2. The van der Waals surface area contributed by atoms with Gasteiger partial charge in [-0.1, -0.05) is 63.3 Å². The molecule has 36 heavy (non-hydrogen) atoms. The Morgan fingerprint density at radius 3 is 1.64 bits per heavy atom. The minimum atomic E-state index is -1.53. The number of rotatable bonds is 3. The molecule has 0 aliphatic heterocycles. The van der Waals surface area contributed by atoms with Gasteiger partial charge in [-0.05, 0) is 60.2 Å². The van der Waals surface area contributed by atoms with Gasteiger partial charge in [0, 0.05) is 29.1 Å². The van der Waals surface area contributed by atoms with E-state index in [1.165, 1.54) is 0 Å². The van der Waals surface area contributed by atoms with E-state index in [0.717, 1.165) is 45.0 Å². The van der Waals surface area contributed by atoms with Gasteiger partial charge in [0.1, 0.15) is 16.1 Å². The summed E-state index contributed by atoms with van der Waals surface area (Å²) < 4.78 is 0. The second kappa shape index (κ2) is 10.5. The summed E-state index contributed by atoms with van der Waals surface area (Å²) in [6, 6.07) is 22.3. The zero-order valence-corrected chi connectivity index (χ0v) is 23.8. The molecule has 0 radical (unpaired) electrons. The Bertz CT molecular complexity index is 1440. The molecule has 178 valence electrons. The molecule has 4 aromatic rings. The molecule has 0 bridgehead atoms. The Morgan fingerprint density at radius 2 is 1.14 bits per heavy atom. The molecule has 0 unspecified atom stereocenters. The molecule has 0 aliphatic carbocycles. The summed E-state index contributed by atoms with van der Waals surface area (Å²) in [7, 11) is -3.06. The van der Waals surface area contributed by atoms with Gasteiger partial charge in [0.2, 0.25) is 0 Å². The van der Waals surface area contributed by atoms with Gasteiger partial charge in [0.25, 0.3) is 0 Å². The highest BCUT2D eigenvalue weighted by Crippen LogP contribution is 2.33. The molecule has 0 fully saturated rings. The summed E-state index contributed by atoms with van der Waals surface area (Å²) in [6.07, 6.45) is 3.59. The monoisotopic (exact) mass is 501 g/mol. The second-order valence-electron chi connectivity index (χ2n) is 10.8. The SMILES string of the molecule is C[Si](C)(C)C#Cc1cc(C#C[Si](C)(C)C)cc(-c2ccc(-c3ccccn3)nc2-c2ccccn2)c1. The number of benzene rings is 1. The lowest BCUT2D eigenvalue weighted by molar-refractivity contribution is 1.22. The van der Waals surface area contributed by atoms with Gasteiger partial charge in [0.15, 0.2) is 0 Å². The Labute approximate surface area is 217 Å². The van der Waals surface area contributed by atoms with Crippen LogP contribution in [0.3, 0.4) is 0 Å². The first-order valence-electron chi connectivity index (χ1n) is 12.1. The third-order valence-corrected chi connectivity index (χ3v) is 6.89. The van der Waals surface area contributed by atoms with E-state index in [2.05, 4.69) is 96.4 Å². The van der Waals surface area contributed by atoms with Gasteiger partial charge in [0.05, 0.1) is 22.8 Å². The van der Waals surface area contributed by atoms with Crippen molar-refractivity contribution in [1.29, 1.82) is 0 Å². The zero-order valence-electron chi connectivity index (χ0n) is 21.8. The van der Waals surface area contributed by atoms with E-state index in [9.17, 15) is 0 Å². The maximum atomic E-state index is 5.04. The molecule has 3 heterocycles. The van der Waals surface area contributed by atoms with Gasteiger partial charge in [-0.25, -0.2) is 4.98 Å². The lowest BCUT2D eigenvalue weighted by atomic mass is 9.97. The maximum Gasteiger partial charge on any atom is 0.129 e. The van der Waals surface area contributed by atoms with Crippen molar-refractivity contribution >= 4 is 16.1 Å². The summed E-state index contributed by atoms with van der Waals surface area (Å²) in [5.74, 6) is 6.88. The van der Waals surface area contributed by atoms with Crippen LogP contribution in [-0.2, 0) is 0 Å². The van der Waals surface area contributed by atoms with Crippen molar-refractivity contribution in [3.8, 4) is 56.8 Å². The van der Waals surface area contributed by atoms with Crippen LogP contribution in [0.25, 0.3) is 33.9 Å². The molecule has 3 nitrogen and oxygen atoms in total. The fourth-order valence-electron chi connectivity index (χ4n) is 3.49. The van der Waals surface area contributed by atoms with Crippen LogP contribution in [0.4, 0.5) is 0 Å². The summed E-state index contributed by atoms with van der Waals surface area (Å²) in [5.41, 5.74) is 14.3. The molecule has 0 amide bonds. The lowest BCUT2D eigenvalue weighted by Gasteiger charge is -2.12. The highest BCUT2D eigenvalue weighted by molar-refractivity contribution is 6.84. The summed E-state index contributed by atoms with van der Waals surface area (Å²) in [6.45, 7) is 13.6. The third kappa shape index (κ3) is 6.89.